The Labute approximate surface area is 145 Å². The number of benzene rings is 1. The Morgan fingerprint density at radius 1 is 1.32 bits per heavy atom. The maximum absolute atomic E-state index is 13.9. The number of thiazole rings is 1. The summed E-state index contributed by atoms with van der Waals surface area (Å²) >= 11 is 1.28. The second-order valence-corrected chi connectivity index (χ2v) is 7.37. The molecule has 0 radical (unpaired) electrons. The third-order valence-electron chi connectivity index (χ3n) is 4.25. The molecule has 3 rings (SSSR count). The highest BCUT2D eigenvalue weighted by atomic mass is 32.1. The minimum absolute atomic E-state index is 0.392. The molecular weight excluding hydrogens is 356 g/mol. The summed E-state index contributed by atoms with van der Waals surface area (Å²) in [4.78, 5) is 17.6. The Morgan fingerprint density at radius 3 is 2.60 bits per heavy atom. The molecule has 2 aromatic rings. The minimum Gasteiger partial charge on any atom is -0.320 e. The average molecular weight is 372 g/mol. The van der Waals surface area contributed by atoms with Gasteiger partial charge in [0.1, 0.15) is 5.82 Å². The van der Waals surface area contributed by atoms with Crippen molar-refractivity contribution in [2.75, 3.05) is 0 Å². The summed E-state index contributed by atoms with van der Waals surface area (Å²) < 4.78 is 54.1. The SMILES string of the molecule is Cc1s/c(=N\C(=O)c2cc(C(F)(F)F)ccc2F)n(CC2CC2)c1C. The zero-order valence-corrected chi connectivity index (χ0v) is 14.5. The van der Waals surface area contributed by atoms with Crippen LogP contribution >= 0.6 is 11.3 Å². The van der Waals surface area contributed by atoms with Gasteiger partial charge in [-0.3, -0.25) is 4.79 Å². The number of amides is 1. The maximum Gasteiger partial charge on any atom is 0.416 e. The van der Waals surface area contributed by atoms with Crippen LogP contribution < -0.4 is 4.80 Å². The van der Waals surface area contributed by atoms with Crippen molar-refractivity contribution in [2.24, 2.45) is 10.9 Å². The number of nitrogens with zero attached hydrogens (tertiary/aromatic N) is 2. The summed E-state index contributed by atoms with van der Waals surface area (Å²) in [6.07, 6.45) is -2.43. The Balaban J connectivity index is 2.02. The highest BCUT2D eigenvalue weighted by molar-refractivity contribution is 7.09. The molecule has 1 amide bonds. The molecule has 1 aliphatic rings. The van der Waals surface area contributed by atoms with Gasteiger partial charge in [-0.15, -0.1) is 11.3 Å². The first-order valence-corrected chi connectivity index (χ1v) is 8.61. The van der Waals surface area contributed by atoms with Crippen molar-refractivity contribution in [3.05, 3.63) is 50.5 Å². The Bertz CT molecular complexity index is 891. The van der Waals surface area contributed by atoms with Gasteiger partial charge in [-0.2, -0.15) is 18.2 Å². The molecule has 1 aliphatic carbocycles. The van der Waals surface area contributed by atoms with E-state index >= 15 is 0 Å². The molecule has 1 fully saturated rings. The fourth-order valence-electron chi connectivity index (χ4n) is 2.47. The van der Waals surface area contributed by atoms with Crippen molar-refractivity contribution in [3.63, 3.8) is 0 Å². The molecule has 1 aromatic heterocycles. The maximum atomic E-state index is 13.9. The molecular formula is C17H16F4N2OS. The molecule has 3 nitrogen and oxygen atoms in total. The first-order valence-electron chi connectivity index (χ1n) is 7.79. The quantitative estimate of drug-likeness (QED) is 0.732. The van der Waals surface area contributed by atoms with Crippen molar-refractivity contribution in [3.8, 4) is 0 Å². The van der Waals surface area contributed by atoms with Crippen molar-refractivity contribution >= 4 is 17.2 Å². The number of hydrogen-bond donors (Lipinski definition) is 0. The number of carbonyl (C=O) groups is 1. The highest BCUT2D eigenvalue weighted by Crippen LogP contribution is 2.32. The Hall–Kier alpha value is -1.96. The lowest BCUT2D eigenvalue weighted by Crippen LogP contribution is -2.20. The molecule has 0 saturated heterocycles. The third-order valence-corrected chi connectivity index (χ3v) is 5.34. The van der Waals surface area contributed by atoms with Gasteiger partial charge < -0.3 is 4.57 Å². The molecule has 0 aliphatic heterocycles. The van der Waals surface area contributed by atoms with Crippen LogP contribution in [0.15, 0.2) is 23.2 Å². The van der Waals surface area contributed by atoms with Crippen molar-refractivity contribution < 1.29 is 22.4 Å². The second kappa shape index (κ2) is 6.40. The fraction of sp³-hybridized carbons (Fsp3) is 0.412. The lowest BCUT2D eigenvalue weighted by Gasteiger charge is -2.08. The van der Waals surface area contributed by atoms with E-state index in [-0.39, 0.29) is 0 Å². The zero-order valence-electron chi connectivity index (χ0n) is 13.7. The van der Waals surface area contributed by atoms with Crippen molar-refractivity contribution in [1.29, 1.82) is 0 Å². The molecule has 0 bridgehead atoms. The Morgan fingerprint density at radius 2 is 2.00 bits per heavy atom. The standard InChI is InChI=1S/C17H16F4N2OS/c1-9-10(2)25-16(23(9)8-11-3-4-11)22-15(24)13-7-12(17(19,20)21)5-6-14(13)18/h5-7,11H,3-4,8H2,1-2H3/b22-16-. The number of carbonyl (C=O) groups excluding carboxylic acids is 1. The van der Waals surface area contributed by atoms with Gasteiger partial charge in [-0.25, -0.2) is 4.39 Å². The van der Waals surface area contributed by atoms with E-state index in [4.69, 9.17) is 0 Å². The summed E-state index contributed by atoms with van der Waals surface area (Å²) in [6, 6.07) is 1.77. The molecule has 0 spiro atoms. The molecule has 8 heteroatoms. The second-order valence-electron chi connectivity index (χ2n) is 6.19. The zero-order chi connectivity index (χ0) is 18.4. The predicted molar refractivity (Wildman–Crippen MR) is 85.8 cm³/mol. The van der Waals surface area contributed by atoms with Crippen LogP contribution in [0.25, 0.3) is 0 Å². The Kier molecular flexibility index (Phi) is 4.57. The monoisotopic (exact) mass is 372 g/mol. The van der Waals surface area contributed by atoms with Gasteiger partial charge in [0.2, 0.25) is 0 Å². The van der Waals surface area contributed by atoms with Gasteiger partial charge in [0, 0.05) is 17.1 Å². The summed E-state index contributed by atoms with van der Waals surface area (Å²) in [5.74, 6) is -1.48. The minimum atomic E-state index is -4.65. The number of rotatable bonds is 3. The molecule has 134 valence electrons. The third kappa shape index (κ3) is 3.84. The van der Waals surface area contributed by atoms with Crippen LogP contribution in [0.3, 0.4) is 0 Å². The number of alkyl halides is 3. The van der Waals surface area contributed by atoms with E-state index in [1.165, 1.54) is 11.3 Å². The number of halogens is 4. The average Bonchev–Trinajstić information content (AvgIpc) is 3.30. The largest absolute Gasteiger partial charge is 0.416 e. The van der Waals surface area contributed by atoms with E-state index in [9.17, 15) is 22.4 Å². The molecule has 1 saturated carbocycles. The van der Waals surface area contributed by atoms with Crippen molar-refractivity contribution in [2.45, 2.75) is 39.4 Å². The van der Waals surface area contributed by atoms with Crippen molar-refractivity contribution in [1.82, 2.24) is 4.57 Å². The van der Waals surface area contributed by atoms with E-state index in [0.717, 1.165) is 23.4 Å². The molecule has 1 aromatic carbocycles. The fourth-order valence-corrected chi connectivity index (χ4v) is 3.45. The highest BCUT2D eigenvalue weighted by Gasteiger charge is 2.32. The molecule has 25 heavy (non-hydrogen) atoms. The van der Waals surface area contributed by atoms with Crippen LogP contribution in [0.1, 0.15) is 39.3 Å². The van der Waals surface area contributed by atoms with Crippen LogP contribution in [0.2, 0.25) is 0 Å². The number of hydrogen-bond acceptors (Lipinski definition) is 2. The lowest BCUT2D eigenvalue weighted by molar-refractivity contribution is -0.137. The van der Waals surface area contributed by atoms with E-state index in [1.54, 1.807) is 0 Å². The van der Waals surface area contributed by atoms with Gasteiger partial charge in [0.05, 0.1) is 11.1 Å². The predicted octanol–water partition coefficient (Wildman–Crippen LogP) is 4.48. The van der Waals surface area contributed by atoms with E-state index < -0.39 is 29.0 Å². The molecule has 1 heterocycles. The van der Waals surface area contributed by atoms with Gasteiger partial charge >= 0.3 is 6.18 Å². The summed E-state index contributed by atoms with van der Waals surface area (Å²) in [7, 11) is 0. The van der Waals surface area contributed by atoms with Gasteiger partial charge in [-0.05, 0) is 50.8 Å². The van der Waals surface area contributed by atoms with Gasteiger partial charge in [-0.1, -0.05) is 0 Å². The summed E-state index contributed by atoms with van der Waals surface area (Å²) in [5.41, 5.74) is -0.777. The van der Waals surface area contributed by atoms with E-state index in [1.807, 2.05) is 18.4 Å². The first kappa shape index (κ1) is 17.8. The van der Waals surface area contributed by atoms with Gasteiger partial charge in [0.15, 0.2) is 4.80 Å². The molecule has 0 unspecified atom stereocenters. The van der Waals surface area contributed by atoms with E-state index in [0.29, 0.717) is 35.5 Å². The normalized spacial score (nSPS) is 15.7. The van der Waals surface area contributed by atoms with Crippen LogP contribution in [0, 0.1) is 25.6 Å². The lowest BCUT2D eigenvalue weighted by atomic mass is 10.1. The summed E-state index contributed by atoms with van der Waals surface area (Å²) in [6.45, 7) is 4.51. The van der Waals surface area contributed by atoms with Crippen LogP contribution in [-0.2, 0) is 12.7 Å². The van der Waals surface area contributed by atoms with Crippen LogP contribution in [0.4, 0.5) is 17.6 Å². The smallest absolute Gasteiger partial charge is 0.320 e. The van der Waals surface area contributed by atoms with Gasteiger partial charge in [0.25, 0.3) is 5.91 Å². The summed E-state index contributed by atoms with van der Waals surface area (Å²) in [5, 5.41) is 0. The number of aryl methyl sites for hydroxylation is 1. The van der Waals surface area contributed by atoms with Crippen LogP contribution in [-0.4, -0.2) is 10.5 Å². The molecule has 0 N–H and O–H groups in total. The first-order chi connectivity index (χ1) is 11.7. The number of aromatic nitrogens is 1. The topological polar surface area (TPSA) is 34.4 Å². The molecule has 0 atom stereocenters. The van der Waals surface area contributed by atoms with E-state index in [2.05, 4.69) is 4.99 Å². The van der Waals surface area contributed by atoms with Crippen LogP contribution in [0.5, 0.6) is 0 Å².